The molecule has 0 spiro atoms. The molecule has 4 nitrogen and oxygen atoms in total. The van der Waals surface area contributed by atoms with Gasteiger partial charge >= 0.3 is 21.7 Å². The zero-order chi connectivity index (χ0) is 16.3. The maximum absolute atomic E-state index is 13.2. The van der Waals surface area contributed by atoms with Crippen LogP contribution < -0.4 is 4.74 Å². The highest BCUT2D eigenvalue weighted by Gasteiger charge is 2.49. The van der Waals surface area contributed by atoms with Crippen LogP contribution in [0, 0.1) is 0 Å². The predicted octanol–water partition coefficient (Wildman–Crippen LogP) is 3.25. The minimum Gasteiger partial charge on any atom is -0.431 e. The third-order valence-electron chi connectivity index (χ3n) is 1.99. The van der Waals surface area contributed by atoms with Gasteiger partial charge in [-0.1, -0.05) is 0 Å². The number of benzene rings is 1. The summed E-state index contributed by atoms with van der Waals surface area (Å²) in [5.41, 5.74) is -5.77. The van der Waals surface area contributed by atoms with E-state index >= 15 is 0 Å². The van der Waals surface area contributed by atoms with E-state index in [9.17, 15) is 30.4 Å². The van der Waals surface area contributed by atoms with Gasteiger partial charge in [-0.2, -0.15) is 30.4 Å². The smallest absolute Gasteiger partial charge is 0.431 e. The number of alkyl halides is 5. The SMILES string of the molecule is CSc1ccc(OC(F)(F)COS(=O)(=O)C(F)(F)F)cc1. The van der Waals surface area contributed by atoms with E-state index in [-0.39, 0.29) is 5.75 Å². The highest BCUT2D eigenvalue weighted by molar-refractivity contribution is 7.98. The van der Waals surface area contributed by atoms with E-state index in [4.69, 9.17) is 0 Å². The number of thioether (sulfide) groups is 1. The second kappa shape index (κ2) is 6.36. The molecule has 1 aromatic carbocycles. The highest BCUT2D eigenvalue weighted by atomic mass is 32.2. The van der Waals surface area contributed by atoms with Gasteiger partial charge in [0.05, 0.1) is 0 Å². The van der Waals surface area contributed by atoms with E-state index < -0.39 is 28.3 Å². The van der Waals surface area contributed by atoms with E-state index in [0.29, 0.717) is 0 Å². The molecule has 11 heteroatoms. The van der Waals surface area contributed by atoms with Gasteiger partial charge in [-0.3, -0.25) is 4.18 Å². The Morgan fingerprint density at radius 2 is 1.62 bits per heavy atom. The molecule has 21 heavy (non-hydrogen) atoms. The molecule has 1 rings (SSSR count). The molecule has 0 aliphatic carbocycles. The lowest BCUT2D eigenvalue weighted by Crippen LogP contribution is -2.35. The van der Waals surface area contributed by atoms with Crippen LogP contribution in [0.4, 0.5) is 22.0 Å². The van der Waals surface area contributed by atoms with Crippen LogP contribution in [-0.2, 0) is 14.3 Å². The minimum atomic E-state index is -6.10. The first-order chi connectivity index (χ1) is 9.47. The molecular formula is C10H9F5O4S2. The monoisotopic (exact) mass is 352 g/mol. The Hall–Kier alpha value is -1.07. The molecule has 0 unspecified atom stereocenters. The standard InChI is InChI=1S/C10H9F5O4S2/c1-20-8-4-2-7(3-5-8)19-9(11,12)6-18-21(16,17)10(13,14)15/h2-5H,6H2,1H3. The van der Waals surface area contributed by atoms with Crippen molar-refractivity contribution in [3.05, 3.63) is 24.3 Å². The van der Waals surface area contributed by atoms with Gasteiger partial charge in [-0.15, -0.1) is 11.8 Å². The maximum atomic E-state index is 13.2. The molecule has 120 valence electrons. The lowest BCUT2D eigenvalue weighted by Gasteiger charge is -2.18. The van der Waals surface area contributed by atoms with Crippen LogP contribution in [0.2, 0.25) is 0 Å². The summed E-state index contributed by atoms with van der Waals surface area (Å²) in [5.74, 6) is -0.342. The van der Waals surface area contributed by atoms with Crippen molar-refractivity contribution in [3.63, 3.8) is 0 Å². The van der Waals surface area contributed by atoms with Crippen LogP contribution >= 0.6 is 11.8 Å². The van der Waals surface area contributed by atoms with Crippen molar-refractivity contribution in [3.8, 4) is 5.75 Å². The third kappa shape index (κ3) is 5.32. The fraction of sp³-hybridized carbons (Fsp3) is 0.400. The zero-order valence-electron chi connectivity index (χ0n) is 10.4. The fourth-order valence-corrected chi connectivity index (χ4v) is 1.89. The van der Waals surface area contributed by atoms with Crippen molar-refractivity contribution in [1.29, 1.82) is 0 Å². The van der Waals surface area contributed by atoms with Crippen LogP contribution in [0.25, 0.3) is 0 Å². The minimum absolute atomic E-state index is 0.342. The van der Waals surface area contributed by atoms with Gasteiger partial charge in [0.2, 0.25) is 0 Å². The van der Waals surface area contributed by atoms with Gasteiger partial charge in [-0.05, 0) is 30.5 Å². The number of hydrogen-bond acceptors (Lipinski definition) is 5. The van der Waals surface area contributed by atoms with Crippen LogP contribution in [0.5, 0.6) is 5.75 Å². The number of hydrogen-bond donors (Lipinski definition) is 0. The average molecular weight is 352 g/mol. The molecule has 0 atom stereocenters. The van der Waals surface area contributed by atoms with E-state index in [1.807, 2.05) is 0 Å². The van der Waals surface area contributed by atoms with E-state index in [1.165, 1.54) is 23.9 Å². The number of rotatable bonds is 6. The van der Waals surface area contributed by atoms with Crippen molar-refractivity contribution in [2.75, 3.05) is 12.9 Å². The maximum Gasteiger partial charge on any atom is 0.523 e. The Labute approximate surface area is 121 Å². The lowest BCUT2D eigenvalue weighted by molar-refractivity contribution is -0.196. The Bertz CT molecular complexity index is 568. The number of ether oxygens (including phenoxy) is 1. The molecule has 0 aromatic heterocycles. The molecule has 0 amide bonds. The molecule has 0 radical (unpaired) electrons. The van der Waals surface area contributed by atoms with Crippen LogP contribution in [0.15, 0.2) is 29.2 Å². The van der Waals surface area contributed by atoms with Gasteiger partial charge in [0.25, 0.3) is 0 Å². The summed E-state index contributed by atoms with van der Waals surface area (Å²) in [6.07, 6.45) is -2.49. The molecule has 0 aliphatic rings. The Kier molecular flexibility index (Phi) is 5.45. The van der Waals surface area contributed by atoms with Gasteiger partial charge in [0, 0.05) is 4.90 Å². The summed E-state index contributed by atoms with van der Waals surface area (Å²) in [6.45, 7) is -2.08. The molecule has 0 fully saturated rings. The van der Waals surface area contributed by atoms with Gasteiger partial charge in [0.15, 0.2) is 6.61 Å². The summed E-state index contributed by atoms with van der Waals surface area (Å²) in [6, 6.07) is 5.22. The highest BCUT2D eigenvalue weighted by Crippen LogP contribution is 2.28. The van der Waals surface area contributed by atoms with Crippen molar-refractivity contribution in [2.24, 2.45) is 0 Å². The zero-order valence-corrected chi connectivity index (χ0v) is 12.0. The lowest BCUT2D eigenvalue weighted by atomic mass is 10.3. The van der Waals surface area contributed by atoms with Crippen LogP contribution in [-0.4, -0.2) is 32.9 Å². The predicted molar refractivity (Wildman–Crippen MR) is 64.7 cm³/mol. The van der Waals surface area contributed by atoms with Crippen LogP contribution in [0.1, 0.15) is 0 Å². The Balaban J connectivity index is 2.69. The Morgan fingerprint density at radius 1 is 1.10 bits per heavy atom. The summed E-state index contributed by atoms with van der Waals surface area (Å²) in [4.78, 5) is 0.751. The molecule has 0 aliphatic heterocycles. The van der Waals surface area contributed by atoms with E-state index in [2.05, 4.69) is 8.92 Å². The largest absolute Gasteiger partial charge is 0.523 e. The molecular weight excluding hydrogens is 343 g/mol. The normalized spacial score (nSPS) is 13.2. The summed E-state index contributed by atoms with van der Waals surface area (Å²) in [5, 5.41) is 0. The number of halogens is 5. The van der Waals surface area contributed by atoms with Crippen LogP contribution in [0.3, 0.4) is 0 Å². The van der Waals surface area contributed by atoms with Gasteiger partial charge < -0.3 is 4.74 Å². The van der Waals surface area contributed by atoms with E-state index in [0.717, 1.165) is 17.0 Å². The summed E-state index contributed by atoms with van der Waals surface area (Å²) >= 11 is 1.34. The second-order valence-corrected chi connectivity index (χ2v) is 6.06. The first-order valence-electron chi connectivity index (χ1n) is 5.13. The molecule has 1 aromatic rings. The molecule has 0 saturated carbocycles. The van der Waals surface area contributed by atoms with Crippen molar-refractivity contribution >= 4 is 21.9 Å². The molecule has 0 heterocycles. The first-order valence-corrected chi connectivity index (χ1v) is 7.77. The average Bonchev–Trinajstić information content (AvgIpc) is 2.36. The van der Waals surface area contributed by atoms with Crippen molar-refractivity contribution < 1.29 is 39.3 Å². The third-order valence-corrected chi connectivity index (χ3v) is 3.73. The fourth-order valence-electron chi connectivity index (χ4n) is 1.06. The second-order valence-electron chi connectivity index (χ2n) is 3.58. The van der Waals surface area contributed by atoms with Crippen molar-refractivity contribution in [1.82, 2.24) is 0 Å². The molecule has 0 saturated heterocycles. The molecule has 0 bridgehead atoms. The Morgan fingerprint density at radius 3 is 2.05 bits per heavy atom. The van der Waals surface area contributed by atoms with Gasteiger partial charge in [-0.25, -0.2) is 0 Å². The van der Waals surface area contributed by atoms with Crippen molar-refractivity contribution in [2.45, 2.75) is 16.5 Å². The first kappa shape index (κ1) is 18.0. The summed E-state index contributed by atoms with van der Waals surface area (Å²) < 4.78 is 90.6. The molecule has 0 N–H and O–H groups in total. The quantitative estimate of drug-likeness (QED) is 0.340. The summed E-state index contributed by atoms with van der Waals surface area (Å²) in [7, 11) is -6.10. The van der Waals surface area contributed by atoms with E-state index in [1.54, 1.807) is 6.26 Å². The van der Waals surface area contributed by atoms with Gasteiger partial charge in [0.1, 0.15) is 5.75 Å². The topological polar surface area (TPSA) is 52.6 Å².